The highest BCUT2D eigenvalue weighted by atomic mass is 16.1. The number of nitrogens with zero attached hydrogens (tertiary/aromatic N) is 3. The summed E-state index contributed by atoms with van der Waals surface area (Å²) in [5, 5.41) is 11.8. The molecule has 0 saturated heterocycles. The van der Waals surface area contributed by atoms with E-state index in [1.54, 1.807) is 0 Å². The molecule has 0 radical (unpaired) electrons. The van der Waals surface area contributed by atoms with Gasteiger partial charge in [0, 0.05) is 29.8 Å². The normalized spacial score (nSPS) is 13.8. The molecule has 1 amide bonds. The van der Waals surface area contributed by atoms with Crippen LogP contribution in [0.2, 0.25) is 0 Å². The number of aromatic nitrogens is 3. The SMILES string of the molecule is CC(C)c1ccc(C(=O)Nc2cccc(-c3nnc4n3CCCCC4)c2)cc1. The van der Waals surface area contributed by atoms with Crippen molar-refractivity contribution in [3.8, 4) is 11.4 Å². The predicted octanol–water partition coefficient (Wildman–Crippen LogP) is 5.05. The molecule has 4 rings (SSSR count). The second kappa shape index (κ2) is 7.97. The maximum Gasteiger partial charge on any atom is 0.255 e. The van der Waals surface area contributed by atoms with E-state index in [-0.39, 0.29) is 5.91 Å². The molecule has 1 N–H and O–H groups in total. The van der Waals surface area contributed by atoms with Crippen LogP contribution >= 0.6 is 0 Å². The minimum absolute atomic E-state index is 0.104. The molecule has 1 aliphatic heterocycles. The summed E-state index contributed by atoms with van der Waals surface area (Å²) in [5.74, 6) is 2.29. The molecule has 1 aromatic heterocycles. The van der Waals surface area contributed by atoms with Gasteiger partial charge in [-0.2, -0.15) is 0 Å². The van der Waals surface area contributed by atoms with E-state index in [2.05, 4.69) is 33.9 Å². The summed E-state index contributed by atoms with van der Waals surface area (Å²) >= 11 is 0. The van der Waals surface area contributed by atoms with Crippen LogP contribution < -0.4 is 5.32 Å². The zero-order chi connectivity index (χ0) is 19.5. The third kappa shape index (κ3) is 3.84. The Morgan fingerprint density at radius 1 is 1.04 bits per heavy atom. The first-order valence-electron chi connectivity index (χ1n) is 10.1. The quantitative estimate of drug-likeness (QED) is 0.695. The van der Waals surface area contributed by atoms with Gasteiger partial charge in [0.15, 0.2) is 5.82 Å². The van der Waals surface area contributed by atoms with Crippen LogP contribution in [-0.4, -0.2) is 20.7 Å². The third-order valence-electron chi connectivity index (χ3n) is 5.33. The number of aryl methyl sites for hydroxylation is 1. The van der Waals surface area contributed by atoms with E-state index in [9.17, 15) is 4.79 Å². The molecule has 1 aliphatic rings. The minimum Gasteiger partial charge on any atom is -0.322 e. The van der Waals surface area contributed by atoms with Gasteiger partial charge in [-0.1, -0.05) is 44.5 Å². The zero-order valence-corrected chi connectivity index (χ0v) is 16.5. The second-order valence-corrected chi connectivity index (χ2v) is 7.71. The molecule has 3 aromatic rings. The molecule has 0 spiro atoms. The Labute approximate surface area is 165 Å². The van der Waals surface area contributed by atoms with Crippen molar-refractivity contribution in [2.45, 2.75) is 52.0 Å². The minimum atomic E-state index is -0.104. The first-order valence-corrected chi connectivity index (χ1v) is 10.1. The van der Waals surface area contributed by atoms with Gasteiger partial charge in [-0.25, -0.2) is 0 Å². The lowest BCUT2D eigenvalue weighted by molar-refractivity contribution is 0.102. The van der Waals surface area contributed by atoms with Gasteiger partial charge >= 0.3 is 0 Å². The molecule has 0 saturated carbocycles. The van der Waals surface area contributed by atoms with Gasteiger partial charge in [-0.15, -0.1) is 10.2 Å². The van der Waals surface area contributed by atoms with Crippen LogP contribution in [-0.2, 0) is 13.0 Å². The van der Waals surface area contributed by atoms with Crippen LogP contribution in [0.15, 0.2) is 48.5 Å². The standard InChI is InChI=1S/C23H26N4O/c1-16(2)17-10-12-18(13-11-17)23(28)24-20-8-6-7-19(15-20)22-26-25-21-9-4-3-5-14-27(21)22/h6-8,10-13,15-16H,3-5,9,14H2,1-2H3,(H,24,28). The third-order valence-corrected chi connectivity index (χ3v) is 5.33. The molecule has 0 atom stereocenters. The van der Waals surface area contributed by atoms with Crippen molar-refractivity contribution in [3.05, 3.63) is 65.5 Å². The van der Waals surface area contributed by atoms with Gasteiger partial charge in [0.25, 0.3) is 5.91 Å². The van der Waals surface area contributed by atoms with E-state index in [4.69, 9.17) is 0 Å². The Morgan fingerprint density at radius 2 is 1.86 bits per heavy atom. The van der Waals surface area contributed by atoms with Crippen LogP contribution in [0.3, 0.4) is 0 Å². The van der Waals surface area contributed by atoms with E-state index < -0.39 is 0 Å². The Bertz CT molecular complexity index is 973. The fraction of sp³-hybridized carbons (Fsp3) is 0.348. The summed E-state index contributed by atoms with van der Waals surface area (Å²) in [7, 11) is 0. The number of hydrogen-bond donors (Lipinski definition) is 1. The Kier molecular flexibility index (Phi) is 5.24. The molecule has 0 unspecified atom stereocenters. The van der Waals surface area contributed by atoms with Gasteiger partial charge < -0.3 is 9.88 Å². The molecule has 2 aromatic carbocycles. The van der Waals surface area contributed by atoms with Gasteiger partial charge in [-0.05, 0) is 48.6 Å². The highest BCUT2D eigenvalue weighted by molar-refractivity contribution is 6.04. The molecule has 144 valence electrons. The van der Waals surface area contributed by atoms with Gasteiger partial charge in [0.1, 0.15) is 5.82 Å². The molecular formula is C23H26N4O. The summed E-state index contributed by atoms with van der Waals surface area (Å²) in [5.41, 5.74) is 3.63. The summed E-state index contributed by atoms with van der Waals surface area (Å²) in [6.07, 6.45) is 4.54. The number of carbonyl (C=O) groups is 1. The predicted molar refractivity (Wildman–Crippen MR) is 111 cm³/mol. The Hall–Kier alpha value is -2.95. The molecule has 2 heterocycles. The number of anilines is 1. The highest BCUT2D eigenvalue weighted by Crippen LogP contribution is 2.25. The maximum atomic E-state index is 12.6. The summed E-state index contributed by atoms with van der Waals surface area (Å²) in [6, 6.07) is 15.6. The maximum absolute atomic E-state index is 12.6. The molecule has 0 aliphatic carbocycles. The number of hydrogen-bond acceptors (Lipinski definition) is 3. The fourth-order valence-electron chi connectivity index (χ4n) is 3.66. The van der Waals surface area contributed by atoms with E-state index in [0.29, 0.717) is 11.5 Å². The van der Waals surface area contributed by atoms with E-state index in [1.807, 2.05) is 48.5 Å². The molecule has 0 bridgehead atoms. The van der Waals surface area contributed by atoms with Crippen molar-refractivity contribution >= 4 is 11.6 Å². The smallest absolute Gasteiger partial charge is 0.255 e. The van der Waals surface area contributed by atoms with Crippen LogP contribution in [0.4, 0.5) is 5.69 Å². The van der Waals surface area contributed by atoms with Crippen LogP contribution in [0, 0.1) is 0 Å². The molecular weight excluding hydrogens is 348 g/mol. The number of carbonyl (C=O) groups excluding carboxylic acids is 1. The van der Waals surface area contributed by atoms with E-state index in [1.165, 1.54) is 18.4 Å². The zero-order valence-electron chi connectivity index (χ0n) is 16.5. The fourth-order valence-corrected chi connectivity index (χ4v) is 3.66. The number of amides is 1. The van der Waals surface area contributed by atoms with Crippen LogP contribution in [0.1, 0.15) is 60.8 Å². The lowest BCUT2D eigenvalue weighted by atomic mass is 10.0. The molecule has 5 heteroatoms. The first kappa shape index (κ1) is 18.4. The van der Waals surface area contributed by atoms with E-state index >= 15 is 0 Å². The summed E-state index contributed by atoms with van der Waals surface area (Å²) in [6.45, 7) is 5.24. The topological polar surface area (TPSA) is 59.8 Å². The number of rotatable bonds is 4. The van der Waals surface area contributed by atoms with Crippen molar-refractivity contribution in [1.29, 1.82) is 0 Å². The molecule has 5 nitrogen and oxygen atoms in total. The lowest BCUT2D eigenvalue weighted by Crippen LogP contribution is -2.12. The number of nitrogens with one attached hydrogen (secondary N) is 1. The van der Waals surface area contributed by atoms with Crippen LogP contribution in [0.5, 0.6) is 0 Å². The Balaban J connectivity index is 1.54. The summed E-state index contributed by atoms with van der Waals surface area (Å²) in [4.78, 5) is 12.6. The number of fused-ring (bicyclic) bond motifs is 1. The Morgan fingerprint density at radius 3 is 2.64 bits per heavy atom. The largest absolute Gasteiger partial charge is 0.322 e. The second-order valence-electron chi connectivity index (χ2n) is 7.71. The first-order chi connectivity index (χ1) is 13.6. The van der Waals surface area contributed by atoms with Crippen molar-refractivity contribution < 1.29 is 4.79 Å². The van der Waals surface area contributed by atoms with Gasteiger partial charge in [-0.3, -0.25) is 4.79 Å². The number of benzene rings is 2. The van der Waals surface area contributed by atoms with Crippen molar-refractivity contribution in [2.75, 3.05) is 5.32 Å². The van der Waals surface area contributed by atoms with Gasteiger partial charge in [0.05, 0.1) is 0 Å². The molecule has 0 fully saturated rings. The van der Waals surface area contributed by atoms with Crippen LogP contribution in [0.25, 0.3) is 11.4 Å². The molecule has 28 heavy (non-hydrogen) atoms. The van der Waals surface area contributed by atoms with E-state index in [0.717, 1.165) is 42.3 Å². The average molecular weight is 374 g/mol. The average Bonchev–Trinajstić information content (AvgIpc) is 2.96. The lowest BCUT2D eigenvalue weighted by Gasteiger charge is -2.10. The highest BCUT2D eigenvalue weighted by Gasteiger charge is 2.16. The van der Waals surface area contributed by atoms with Crippen molar-refractivity contribution in [1.82, 2.24) is 14.8 Å². The van der Waals surface area contributed by atoms with Gasteiger partial charge in [0.2, 0.25) is 0 Å². The van der Waals surface area contributed by atoms with Crippen molar-refractivity contribution in [3.63, 3.8) is 0 Å². The van der Waals surface area contributed by atoms with Crippen molar-refractivity contribution in [2.24, 2.45) is 0 Å². The monoisotopic (exact) mass is 374 g/mol. The summed E-state index contributed by atoms with van der Waals surface area (Å²) < 4.78 is 2.22.